The summed E-state index contributed by atoms with van der Waals surface area (Å²) in [6.45, 7) is 0.985. The minimum Gasteiger partial charge on any atom is -0.462 e. The highest BCUT2D eigenvalue weighted by molar-refractivity contribution is 6.04. The molecule has 0 radical (unpaired) electrons. The molecule has 2 aromatic rings. The van der Waals surface area contributed by atoms with Crippen LogP contribution in [0.4, 0.5) is 0 Å². The van der Waals surface area contributed by atoms with Crippen LogP contribution >= 0.6 is 0 Å². The molecular formula is C15H16O3. The van der Waals surface area contributed by atoms with Gasteiger partial charge in [0, 0.05) is 20.1 Å². The summed E-state index contributed by atoms with van der Waals surface area (Å²) in [5.41, 5.74) is 0.616. The monoisotopic (exact) mass is 244 g/mol. The van der Waals surface area contributed by atoms with E-state index in [2.05, 4.69) is 0 Å². The van der Waals surface area contributed by atoms with Gasteiger partial charge in [-0.2, -0.15) is 0 Å². The van der Waals surface area contributed by atoms with Crippen molar-refractivity contribution in [3.8, 4) is 0 Å². The summed E-state index contributed by atoms with van der Waals surface area (Å²) in [5, 5.41) is 1.97. The SMILES string of the molecule is COCCCOC(=O)c1cccc2ccccc12. The molecule has 2 rings (SSSR count). The summed E-state index contributed by atoms with van der Waals surface area (Å²) in [6.07, 6.45) is 0.715. The zero-order valence-corrected chi connectivity index (χ0v) is 10.4. The number of carbonyl (C=O) groups is 1. The fraction of sp³-hybridized carbons (Fsp3) is 0.267. The van der Waals surface area contributed by atoms with Crippen molar-refractivity contribution >= 4 is 16.7 Å². The van der Waals surface area contributed by atoms with E-state index in [0.29, 0.717) is 25.2 Å². The molecule has 0 unspecified atom stereocenters. The second-order valence-corrected chi connectivity index (χ2v) is 4.01. The smallest absolute Gasteiger partial charge is 0.338 e. The zero-order valence-electron chi connectivity index (χ0n) is 10.4. The van der Waals surface area contributed by atoms with Gasteiger partial charge in [-0.1, -0.05) is 36.4 Å². The van der Waals surface area contributed by atoms with Crippen molar-refractivity contribution in [3.63, 3.8) is 0 Å². The molecule has 0 saturated carbocycles. The molecule has 18 heavy (non-hydrogen) atoms. The maximum absolute atomic E-state index is 12.0. The van der Waals surface area contributed by atoms with Crippen molar-refractivity contribution in [2.45, 2.75) is 6.42 Å². The van der Waals surface area contributed by atoms with E-state index in [-0.39, 0.29) is 5.97 Å². The molecule has 0 fully saturated rings. The van der Waals surface area contributed by atoms with Gasteiger partial charge in [0.05, 0.1) is 12.2 Å². The van der Waals surface area contributed by atoms with Crippen LogP contribution in [-0.2, 0) is 9.47 Å². The summed E-state index contributed by atoms with van der Waals surface area (Å²) < 4.78 is 10.1. The molecule has 3 nitrogen and oxygen atoms in total. The summed E-state index contributed by atoms with van der Waals surface area (Å²) in [6, 6.07) is 13.4. The van der Waals surface area contributed by atoms with Gasteiger partial charge in [0.15, 0.2) is 0 Å². The van der Waals surface area contributed by atoms with E-state index in [4.69, 9.17) is 9.47 Å². The van der Waals surface area contributed by atoms with Crippen LogP contribution in [0.3, 0.4) is 0 Å². The van der Waals surface area contributed by atoms with E-state index in [0.717, 1.165) is 10.8 Å². The largest absolute Gasteiger partial charge is 0.462 e. The van der Waals surface area contributed by atoms with Gasteiger partial charge in [0.25, 0.3) is 0 Å². The fourth-order valence-electron chi connectivity index (χ4n) is 1.85. The molecule has 0 aliphatic rings. The number of esters is 1. The van der Waals surface area contributed by atoms with Crippen molar-refractivity contribution in [2.24, 2.45) is 0 Å². The topological polar surface area (TPSA) is 35.5 Å². The van der Waals surface area contributed by atoms with Gasteiger partial charge in [-0.05, 0) is 16.8 Å². The molecule has 0 aliphatic carbocycles. The van der Waals surface area contributed by atoms with Crippen LogP contribution in [0.15, 0.2) is 42.5 Å². The van der Waals surface area contributed by atoms with Gasteiger partial charge < -0.3 is 9.47 Å². The summed E-state index contributed by atoms with van der Waals surface area (Å²) in [7, 11) is 1.63. The van der Waals surface area contributed by atoms with Gasteiger partial charge in [-0.3, -0.25) is 0 Å². The maximum atomic E-state index is 12.0. The second-order valence-electron chi connectivity index (χ2n) is 4.01. The van der Waals surface area contributed by atoms with Crippen LogP contribution in [-0.4, -0.2) is 26.3 Å². The molecule has 0 saturated heterocycles. The highest BCUT2D eigenvalue weighted by Gasteiger charge is 2.10. The van der Waals surface area contributed by atoms with Crippen molar-refractivity contribution in [3.05, 3.63) is 48.0 Å². The number of carbonyl (C=O) groups excluding carboxylic acids is 1. The molecule has 0 aliphatic heterocycles. The average molecular weight is 244 g/mol. The van der Waals surface area contributed by atoms with Crippen molar-refractivity contribution < 1.29 is 14.3 Å². The minimum atomic E-state index is -0.275. The van der Waals surface area contributed by atoms with Crippen LogP contribution in [0, 0.1) is 0 Å². The first kappa shape index (κ1) is 12.6. The van der Waals surface area contributed by atoms with Crippen LogP contribution in [0.5, 0.6) is 0 Å². The summed E-state index contributed by atoms with van der Waals surface area (Å²) >= 11 is 0. The average Bonchev–Trinajstić information content (AvgIpc) is 2.43. The Kier molecular flexibility index (Phi) is 4.31. The molecule has 3 heteroatoms. The van der Waals surface area contributed by atoms with E-state index in [1.54, 1.807) is 13.2 Å². The summed E-state index contributed by atoms with van der Waals surface area (Å²) in [4.78, 5) is 12.0. The lowest BCUT2D eigenvalue weighted by atomic mass is 10.1. The van der Waals surface area contributed by atoms with Crippen molar-refractivity contribution in [1.82, 2.24) is 0 Å². The maximum Gasteiger partial charge on any atom is 0.338 e. The molecule has 0 heterocycles. The first-order valence-corrected chi connectivity index (χ1v) is 5.97. The number of hydrogen-bond acceptors (Lipinski definition) is 3. The molecule has 0 N–H and O–H groups in total. The Morgan fingerprint density at radius 2 is 1.83 bits per heavy atom. The third-order valence-electron chi connectivity index (χ3n) is 2.74. The number of ether oxygens (including phenoxy) is 2. The van der Waals surface area contributed by atoms with Gasteiger partial charge in [-0.15, -0.1) is 0 Å². The molecule has 2 aromatic carbocycles. The van der Waals surface area contributed by atoms with Crippen molar-refractivity contribution in [1.29, 1.82) is 0 Å². The van der Waals surface area contributed by atoms with Gasteiger partial charge in [0.1, 0.15) is 0 Å². The molecule has 0 aromatic heterocycles. The van der Waals surface area contributed by atoms with E-state index in [1.807, 2.05) is 36.4 Å². The van der Waals surface area contributed by atoms with Gasteiger partial charge in [-0.25, -0.2) is 4.79 Å². The highest BCUT2D eigenvalue weighted by Crippen LogP contribution is 2.19. The second kappa shape index (κ2) is 6.17. The quantitative estimate of drug-likeness (QED) is 0.599. The number of rotatable bonds is 5. The van der Waals surface area contributed by atoms with Crippen molar-refractivity contribution in [2.75, 3.05) is 20.3 Å². The Labute approximate surface area is 106 Å². The molecule has 0 spiro atoms. The number of methoxy groups -OCH3 is 1. The third-order valence-corrected chi connectivity index (χ3v) is 2.74. The molecule has 0 amide bonds. The molecule has 0 bridgehead atoms. The summed E-state index contributed by atoms with van der Waals surface area (Å²) in [5.74, 6) is -0.275. The lowest BCUT2D eigenvalue weighted by Gasteiger charge is -2.07. The van der Waals surface area contributed by atoms with Gasteiger partial charge in [0.2, 0.25) is 0 Å². The van der Waals surface area contributed by atoms with Crippen LogP contribution in [0.2, 0.25) is 0 Å². The predicted molar refractivity (Wildman–Crippen MR) is 70.7 cm³/mol. The Hall–Kier alpha value is -1.87. The van der Waals surface area contributed by atoms with Crippen LogP contribution in [0.25, 0.3) is 10.8 Å². The minimum absolute atomic E-state index is 0.275. The Balaban J connectivity index is 2.13. The molecule has 94 valence electrons. The number of fused-ring (bicyclic) bond motifs is 1. The van der Waals surface area contributed by atoms with E-state index in [9.17, 15) is 4.79 Å². The van der Waals surface area contributed by atoms with Gasteiger partial charge >= 0.3 is 5.97 Å². The fourth-order valence-corrected chi connectivity index (χ4v) is 1.85. The van der Waals surface area contributed by atoms with Crippen LogP contribution in [0.1, 0.15) is 16.8 Å². The number of hydrogen-bond donors (Lipinski definition) is 0. The lowest BCUT2D eigenvalue weighted by Crippen LogP contribution is -2.08. The van der Waals surface area contributed by atoms with E-state index >= 15 is 0 Å². The normalized spacial score (nSPS) is 10.5. The predicted octanol–water partition coefficient (Wildman–Crippen LogP) is 3.03. The third kappa shape index (κ3) is 2.87. The number of benzene rings is 2. The van der Waals surface area contributed by atoms with E-state index < -0.39 is 0 Å². The first-order valence-electron chi connectivity index (χ1n) is 5.97. The Morgan fingerprint density at radius 1 is 1.06 bits per heavy atom. The van der Waals surface area contributed by atoms with Crippen LogP contribution < -0.4 is 0 Å². The molecule has 0 atom stereocenters. The standard InChI is InChI=1S/C15H16O3/c1-17-10-5-11-18-15(16)14-9-4-7-12-6-2-3-8-13(12)14/h2-4,6-9H,5,10-11H2,1H3. The highest BCUT2D eigenvalue weighted by atomic mass is 16.5. The first-order chi connectivity index (χ1) is 8.83. The Bertz CT molecular complexity index is 529. The Morgan fingerprint density at radius 3 is 2.67 bits per heavy atom. The lowest BCUT2D eigenvalue weighted by molar-refractivity contribution is 0.0470. The molecular weight excluding hydrogens is 228 g/mol. The zero-order chi connectivity index (χ0) is 12.8. The van der Waals surface area contributed by atoms with E-state index in [1.165, 1.54) is 0 Å².